The molecule has 0 N–H and O–H groups in total. The Morgan fingerprint density at radius 2 is 1.73 bits per heavy atom. The lowest BCUT2D eigenvalue weighted by Gasteiger charge is -2.53. The number of nitrogens with zero attached hydrogens (tertiary/aromatic N) is 3. The van der Waals surface area contributed by atoms with Gasteiger partial charge in [0.2, 0.25) is 0 Å². The number of aromatic nitrogens is 3. The summed E-state index contributed by atoms with van der Waals surface area (Å²) in [6.45, 7) is 0.396. The lowest BCUT2D eigenvalue weighted by Crippen LogP contribution is -2.48. The average Bonchev–Trinajstić information content (AvgIpc) is 2.89. The summed E-state index contributed by atoms with van der Waals surface area (Å²) in [6.07, 6.45) is 6.60. The normalized spacial score (nSPS) is 36.1. The van der Waals surface area contributed by atoms with Crippen molar-refractivity contribution in [2.75, 3.05) is 0 Å². The summed E-state index contributed by atoms with van der Waals surface area (Å²) < 4.78 is 1.79. The minimum absolute atomic E-state index is 0.288. The molecule has 0 atom stereocenters. The molecule has 22 heavy (non-hydrogen) atoms. The van der Waals surface area contributed by atoms with E-state index in [1.165, 1.54) is 32.1 Å². The molecule has 0 radical (unpaired) electrons. The van der Waals surface area contributed by atoms with Crippen molar-refractivity contribution >= 4 is 16.8 Å². The largest absolute Gasteiger partial charge is 0.297 e. The van der Waals surface area contributed by atoms with Crippen LogP contribution in [0, 0.1) is 29.6 Å². The molecule has 4 nitrogen and oxygen atoms in total. The summed E-state index contributed by atoms with van der Waals surface area (Å²) in [5.74, 6) is 3.81. The second-order valence-corrected chi connectivity index (χ2v) is 7.66. The molecule has 0 aliphatic heterocycles. The van der Waals surface area contributed by atoms with E-state index in [9.17, 15) is 4.79 Å². The Morgan fingerprint density at radius 1 is 1.05 bits per heavy atom. The molecule has 4 heteroatoms. The fourth-order valence-electron chi connectivity index (χ4n) is 5.74. The minimum Gasteiger partial charge on any atom is -0.297 e. The van der Waals surface area contributed by atoms with Crippen LogP contribution in [-0.2, 0) is 11.3 Å². The zero-order valence-electron chi connectivity index (χ0n) is 12.7. The van der Waals surface area contributed by atoms with Crippen LogP contribution < -0.4 is 0 Å². The predicted molar refractivity (Wildman–Crippen MR) is 83.1 cm³/mol. The van der Waals surface area contributed by atoms with Gasteiger partial charge in [0.15, 0.2) is 5.78 Å². The average molecular weight is 295 g/mol. The smallest absolute Gasteiger partial charge is 0.157 e. The number of carbonyl (C=O) groups excluding carboxylic acids is 1. The van der Waals surface area contributed by atoms with E-state index in [0.717, 1.165) is 22.9 Å². The van der Waals surface area contributed by atoms with Gasteiger partial charge in [0.05, 0.1) is 5.52 Å². The molecule has 0 spiro atoms. The van der Waals surface area contributed by atoms with Gasteiger partial charge in [0, 0.05) is 5.92 Å². The zero-order valence-corrected chi connectivity index (χ0v) is 12.7. The van der Waals surface area contributed by atoms with E-state index in [2.05, 4.69) is 10.3 Å². The molecule has 114 valence electrons. The quantitative estimate of drug-likeness (QED) is 0.874. The first-order valence-electron chi connectivity index (χ1n) is 8.59. The van der Waals surface area contributed by atoms with E-state index in [-0.39, 0.29) is 5.92 Å². The minimum atomic E-state index is 0.288. The fraction of sp³-hybridized carbons (Fsp3) is 0.611. The highest BCUT2D eigenvalue weighted by Crippen LogP contribution is 2.56. The highest BCUT2D eigenvalue weighted by Gasteiger charge is 2.50. The maximum Gasteiger partial charge on any atom is 0.157 e. The lowest BCUT2D eigenvalue weighted by molar-refractivity contribution is -0.136. The lowest BCUT2D eigenvalue weighted by atomic mass is 9.51. The van der Waals surface area contributed by atoms with Crippen molar-refractivity contribution in [2.24, 2.45) is 29.6 Å². The summed E-state index contributed by atoms with van der Waals surface area (Å²) in [7, 11) is 0. The standard InChI is InChI=1S/C18H21N3O/c22-17(10-21-16-4-2-1-3-15(16)19-20-21)18-13-6-11-5-12(8-13)9-14(18)7-11/h1-4,11-14,18H,5-10H2. The molecule has 0 amide bonds. The summed E-state index contributed by atoms with van der Waals surface area (Å²) in [5.41, 5.74) is 1.85. The van der Waals surface area contributed by atoms with Crippen LogP contribution in [0.25, 0.3) is 11.0 Å². The monoisotopic (exact) mass is 295 g/mol. The van der Waals surface area contributed by atoms with Crippen LogP contribution in [0.5, 0.6) is 0 Å². The fourth-order valence-corrected chi connectivity index (χ4v) is 5.74. The van der Waals surface area contributed by atoms with Gasteiger partial charge in [-0.15, -0.1) is 5.10 Å². The Labute approximate surface area is 129 Å². The van der Waals surface area contributed by atoms with Gasteiger partial charge in [-0.05, 0) is 67.9 Å². The highest BCUT2D eigenvalue weighted by atomic mass is 16.1. The number of para-hydroxylation sites is 1. The number of benzene rings is 1. The van der Waals surface area contributed by atoms with Gasteiger partial charge in [-0.25, -0.2) is 4.68 Å². The first kappa shape index (κ1) is 12.8. The van der Waals surface area contributed by atoms with E-state index < -0.39 is 0 Å². The zero-order chi connectivity index (χ0) is 14.7. The maximum atomic E-state index is 13.0. The van der Waals surface area contributed by atoms with Crippen molar-refractivity contribution in [1.82, 2.24) is 15.0 Å². The van der Waals surface area contributed by atoms with E-state index in [0.29, 0.717) is 24.2 Å². The summed E-state index contributed by atoms with van der Waals surface area (Å²) in [5, 5.41) is 8.36. The topological polar surface area (TPSA) is 47.8 Å². The number of hydrogen-bond acceptors (Lipinski definition) is 3. The molecule has 1 heterocycles. The van der Waals surface area contributed by atoms with Crippen molar-refractivity contribution in [1.29, 1.82) is 0 Å². The van der Waals surface area contributed by atoms with E-state index in [1.54, 1.807) is 4.68 Å². The van der Waals surface area contributed by atoms with Crippen molar-refractivity contribution in [3.63, 3.8) is 0 Å². The van der Waals surface area contributed by atoms with Gasteiger partial charge < -0.3 is 0 Å². The van der Waals surface area contributed by atoms with Crippen LogP contribution in [0.2, 0.25) is 0 Å². The van der Waals surface area contributed by atoms with Gasteiger partial charge in [0.25, 0.3) is 0 Å². The van der Waals surface area contributed by atoms with Gasteiger partial charge >= 0.3 is 0 Å². The molecule has 1 aromatic heterocycles. The molecule has 0 saturated heterocycles. The molecule has 6 rings (SSSR count). The van der Waals surface area contributed by atoms with Crippen LogP contribution in [0.4, 0.5) is 0 Å². The molecular formula is C18H21N3O. The number of rotatable bonds is 3. The Hall–Kier alpha value is -1.71. The number of fused-ring (bicyclic) bond motifs is 1. The number of carbonyl (C=O) groups is 1. The first-order chi connectivity index (χ1) is 10.8. The van der Waals surface area contributed by atoms with Gasteiger partial charge in [-0.2, -0.15) is 0 Å². The van der Waals surface area contributed by atoms with E-state index >= 15 is 0 Å². The van der Waals surface area contributed by atoms with Crippen molar-refractivity contribution in [2.45, 2.75) is 38.6 Å². The number of hydrogen-bond donors (Lipinski definition) is 0. The van der Waals surface area contributed by atoms with Gasteiger partial charge in [-0.3, -0.25) is 4.79 Å². The molecular weight excluding hydrogens is 274 g/mol. The third-order valence-electron chi connectivity index (χ3n) is 6.32. The summed E-state index contributed by atoms with van der Waals surface area (Å²) >= 11 is 0. The van der Waals surface area contributed by atoms with E-state index in [1.807, 2.05) is 24.3 Å². The van der Waals surface area contributed by atoms with E-state index in [4.69, 9.17) is 0 Å². The SMILES string of the molecule is O=C(Cn1nnc2ccccc21)C1C2CC3CC(C2)CC1C3. The summed E-state index contributed by atoms with van der Waals surface area (Å²) in [4.78, 5) is 13.0. The third-order valence-corrected chi connectivity index (χ3v) is 6.32. The Kier molecular flexibility index (Phi) is 2.70. The van der Waals surface area contributed by atoms with Crippen molar-refractivity contribution < 1.29 is 4.79 Å². The van der Waals surface area contributed by atoms with Crippen LogP contribution in [0.3, 0.4) is 0 Å². The van der Waals surface area contributed by atoms with Gasteiger partial charge in [0.1, 0.15) is 12.1 Å². The highest BCUT2D eigenvalue weighted by molar-refractivity contribution is 5.83. The van der Waals surface area contributed by atoms with Crippen molar-refractivity contribution in [3.05, 3.63) is 24.3 Å². The van der Waals surface area contributed by atoms with Crippen LogP contribution >= 0.6 is 0 Å². The molecule has 0 unspecified atom stereocenters. The van der Waals surface area contributed by atoms with Crippen LogP contribution in [0.15, 0.2) is 24.3 Å². The second-order valence-electron chi connectivity index (χ2n) is 7.66. The molecule has 4 saturated carbocycles. The molecule has 4 fully saturated rings. The van der Waals surface area contributed by atoms with Crippen LogP contribution in [0.1, 0.15) is 32.1 Å². The molecule has 4 bridgehead atoms. The Bertz CT molecular complexity index is 707. The van der Waals surface area contributed by atoms with Gasteiger partial charge in [-0.1, -0.05) is 17.3 Å². The Morgan fingerprint density at radius 3 is 2.45 bits per heavy atom. The van der Waals surface area contributed by atoms with Crippen LogP contribution in [-0.4, -0.2) is 20.8 Å². The predicted octanol–water partition coefficient (Wildman–Crippen LogP) is 3.07. The number of Topliss-reactive ketones (excluding diaryl/α,β-unsaturated/α-hetero) is 1. The van der Waals surface area contributed by atoms with Crippen molar-refractivity contribution in [3.8, 4) is 0 Å². The first-order valence-corrected chi connectivity index (χ1v) is 8.59. The molecule has 1 aromatic carbocycles. The number of ketones is 1. The summed E-state index contributed by atoms with van der Waals surface area (Å²) in [6, 6.07) is 7.89. The molecule has 4 aliphatic rings. The Balaban J connectivity index is 1.41. The maximum absolute atomic E-state index is 13.0. The molecule has 2 aromatic rings. The second kappa shape index (κ2) is 4.64. The molecule has 4 aliphatic carbocycles. The third kappa shape index (κ3) is 1.86.